The summed E-state index contributed by atoms with van der Waals surface area (Å²) < 4.78 is 0. The summed E-state index contributed by atoms with van der Waals surface area (Å²) in [4.78, 5) is 16.7. The first-order valence-corrected chi connectivity index (χ1v) is 8.51. The van der Waals surface area contributed by atoms with E-state index in [1.165, 1.54) is 5.69 Å². The molecule has 0 saturated carbocycles. The predicted molar refractivity (Wildman–Crippen MR) is 96.5 cm³/mol. The molecule has 1 atom stereocenters. The van der Waals surface area contributed by atoms with Crippen LogP contribution in [0.4, 0.5) is 5.69 Å². The summed E-state index contributed by atoms with van der Waals surface area (Å²) in [6, 6.07) is 19.6. The van der Waals surface area contributed by atoms with Crippen LogP contribution in [0.15, 0.2) is 60.7 Å². The van der Waals surface area contributed by atoms with Crippen molar-refractivity contribution in [2.24, 2.45) is 0 Å². The van der Waals surface area contributed by atoms with Crippen molar-refractivity contribution >= 4 is 11.5 Å². The molecule has 1 aliphatic rings. The fourth-order valence-electron chi connectivity index (χ4n) is 3.15. The van der Waals surface area contributed by atoms with Crippen LogP contribution in [0.1, 0.15) is 16.8 Å². The lowest BCUT2D eigenvalue weighted by atomic mass is 10.0. The molecule has 0 amide bonds. The molecule has 0 radical (unpaired) electrons. The van der Waals surface area contributed by atoms with Gasteiger partial charge in [0.05, 0.1) is 6.10 Å². The summed E-state index contributed by atoms with van der Waals surface area (Å²) in [5.74, 6) is 0.00558. The zero-order valence-corrected chi connectivity index (χ0v) is 13.8. The van der Waals surface area contributed by atoms with E-state index in [0.717, 1.165) is 26.2 Å². The maximum absolute atomic E-state index is 12.1. The van der Waals surface area contributed by atoms with Crippen LogP contribution in [-0.4, -0.2) is 54.6 Å². The number of Topliss-reactive ketones (excluding diaryl/α,β-unsaturated/α-hetero) is 1. The van der Waals surface area contributed by atoms with E-state index in [0.29, 0.717) is 12.1 Å². The van der Waals surface area contributed by atoms with Gasteiger partial charge in [0.15, 0.2) is 5.78 Å². The van der Waals surface area contributed by atoms with Gasteiger partial charge in [-0.2, -0.15) is 0 Å². The Morgan fingerprint density at radius 1 is 0.917 bits per heavy atom. The molecule has 0 aromatic heterocycles. The number of nitrogens with zero attached hydrogens (tertiary/aromatic N) is 2. The summed E-state index contributed by atoms with van der Waals surface area (Å²) in [6.45, 7) is 4.27. The SMILES string of the molecule is O=C(CC(O)CN1CCN(c2ccccc2)CC1)c1ccccc1. The van der Waals surface area contributed by atoms with Crippen LogP contribution in [0.25, 0.3) is 0 Å². The number of para-hydroxylation sites is 1. The Labute approximate surface area is 143 Å². The van der Waals surface area contributed by atoms with Gasteiger partial charge in [-0.15, -0.1) is 0 Å². The van der Waals surface area contributed by atoms with Crippen LogP contribution < -0.4 is 4.90 Å². The molecule has 1 saturated heterocycles. The van der Waals surface area contributed by atoms with Gasteiger partial charge in [0.2, 0.25) is 0 Å². The third-order valence-electron chi connectivity index (χ3n) is 4.48. The highest BCUT2D eigenvalue weighted by atomic mass is 16.3. The van der Waals surface area contributed by atoms with Crippen LogP contribution in [-0.2, 0) is 0 Å². The molecule has 0 aliphatic carbocycles. The number of hydrogen-bond donors (Lipinski definition) is 1. The number of anilines is 1. The van der Waals surface area contributed by atoms with Gasteiger partial charge < -0.3 is 10.0 Å². The van der Waals surface area contributed by atoms with Crippen molar-refractivity contribution in [3.05, 3.63) is 66.2 Å². The van der Waals surface area contributed by atoms with E-state index >= 15 is 0 Å². The van der Waals surface area contributed by atoms with Crippen molar-refractivity contribution in [3.8, 4) is 0 Å². The molecule has 1 unspecified atom stereocenters. The monoisotopic (exact) mass is 324 g/mol. The van der Waals surface area contributed by atoms with Crippen LogP contribution >= 0.6 is 0 Å². The molecule has 3 rings (SSSR count). The number of benzene rings is 2. The van der Waals surface area contributed by atoms with E-state index in [4.69, 9.17) is 0 Å². The molecule has 1 fully saturated rings. The Morgan fingerprint density at radius 3 is 2.12 bits per heavy atom. The lowest BCUT2D eigenvalue weighted by Crippen LogP contribution is -2.48. The van der Waals surface area contributed by atoms with Crippen LogP contribution in [0.3, 0.4) is 0 Å². The number of hydrogen-bond acceptors (Lipinski definition) is 4. The number of aliphatic hydroxyl groups is 1. The number of rotatable bonds is 6. The molecule has 2 aromatic rings. The maximum atomic E-state index is 12.1. The van der Waals surface area contributed by atoms with Gasteiger partial charge in [0, 0.05) is 50.4 Å². The Kier molecular flexibility index (Phi) is 5.62. The molecule has 1 aliphatic heterocycles. The molecule has 4 nitrogen and oxygen atoms in total. The average Bonchev–Trinajstić information content (AvgIpc) is 2.64. The van der Waals surface area contributed by atoms with Gasteiger partial charge in [0.1, 0.15) is 0 Å². The van der Waals surface area contributed by atoms with E-state index in [1.54, 1.807) is 12.1 Å². The van der Waals surface area contributed by atoms with E-state index in [2.05, 4.69) is 34.1 Å². The van der Waals surface area contributed by atoms with Crippen molar-refractivity contribution in [1.29, 1.82) is 0 Å². The van der Waals surface area contributed by atoms with Crippen LogP contribution in [0, 0.1) is 0 Å². The van der Waals surface area contributed by atoms with E-state index in [1.807, 2.05) is 24.3 Å². The minimum atomic E-state index is -0.610. The fourth-order valence-corrected chi connectivity index (χ4v) is 3.15. The Morgan fingerprint density at radius 2 is 1.50 bits per heavy atom. The fraction of sp³-hybridized carbons (Fsp3) is 0.350. The lowest BCUT2D eigenvalue weighted by Gasteiger charge is -2.36. The standard InChI is InChI=1S/C20H24N2O2/c23-19(15-20(24)17-7-3-1-4-8-17)16-21-11-13-22(14-12-21)18-9-5-2-6-10-18/h1-10,19,23H,11-16H2. The second kappa shape index (κ2) is 8.08. The Bertz CT molecular complexity index is 637. The predicted octanol–water partition coefficient (Wildman–Crippen LogP) is 2.44. The van der Waals surface area contributed by atoms with Crippen molar-refractivity contribution in [2.75, 3.05) is 37.6 Å². The van der Waals surface area contributed by atoms with Crippen molar-refractivity contribution in [1.82, 2.24) is 4.90 Å². The van der Waals surface area contributed by atoms with Gasteiger partial charge in [-0.1, -0.05) is 48.5 Å². The van der Waals surface area contributed by atoms with Gasteiger partial charge in [-0.25, -0.2) is 0 Å². The summed E-state index contributed by atoms with van der Waals surface area (Å²) in [7, 11) is 0. The average molecular weight is 324 g/mol. The smallest absolute Gasteiger partial charge is 0.165 e. The number of carbonyl (C=O) groups is 1. The van der Waals surface area contributed by atoms with Gasteiger partial charge in [-0.05, 0) is 12.1 Å². The molecule has 4 heteroatoms. The number of β-amino-alcohol motifs (C(OH)–C–C–N with tert-alkyl or cyclic N) is 1. The number of carbonyl (C=O) groups excluding carboxylic acids is 1. The van der Waals surface area contributed by atoms with E-state index in [-0.39, 0.29) is 12.2 Å². The second-order valence-corrected chi connectivity index (χ2v) is 6.27. The van der Waals surface area contributed by atoms with Crippen molar-refractivity contribution in [3.63, 3.8) is 0 Å². The largest absolute Gasteiger partial charge is 0.391 e. The number of piperazine rings is 1. The molecular formula is C20H24N2O2. The van der Waals surface area contributed by atoms with Gasteiger partial charge in [-0.3, -0.25) is 9.69 Å². The lowest BCUT2D eigenvalue weighted by molar-refractivity contribution is 0.0769. The summed E-state index contributed by atoms with van der Waals surface area (Å²) in [6.07, 6.45) is -0.427. The highest BCUT2D eigenvalue weighted by molar-refractivity contribution is 5.96. The number of aliphatic hydroxyl groups excluding tert-OH is 1. The number of ketones is 1. The van der Waals surface area contributed by atoms with Crippen molar-refractivity contribution in [2.45, 2.75) is 12.5 Å². The Balaban J connectivity index is 1.45. The van der Waals surface area contributed by atoms with Gasteiger partial charge >= 0.3 is 0 Å². The molecule has 0 bridgehead atoms. The molecule has 1 heterocycles. The molecule has 126 valence electrons. The summed E-state index contributed by atoms with van der Waals surface area (Å²) in [5.41, 5.74) is 1.92. The topological polar surface area (TPSA) is 43.8 Å². The molecular weight excluding hydrogens is 300 g/mol. The molecule has 0 spiro atoms. The van der Waals surface area contributed by atoms with Gasteiger partial charge in [0.25, 0.3) is 0 Å². The minimum Gasteiger partial charge on any atom is -0.391 e. The highest BCUT2D eigenvalue weighted by Gasteiger charge is 2.21. The summed E-state index contributed by atoms with van der Waals surface area (Å²) in [5, 5.41) is 10.2. The third kappa shape index (κ3) is 4.43. The Hall–Kier alpha value is -2.17. The minimum absolute atomic E-state index is 0.00558. The molecule has 24 heavy (non-hydrogen) atoms. The highest BCUT2D eigenvalue weighted by Crippen LogP contribution is 2.16. The summed E-state index contributed by atoms with van der Waals surface area (Å²) >= 11 is 0. The van der Waals surface area contributed by atoms with E-state index in [9.17, 15) is 9.90 Å². The third-order valence-corrected chi connectivity index (χ3v) is 4.48. The van der Waals surface area contributed by atoms with E-state index < -0.39 is 6.10 Å². The first-order valence-electron chi connectivity index (χ1n) is 8.51. The van der Waals surface area contributed by atoms with Crippen LogP contribution in [0.2, 0.25) is 0 Å². The normalized spacial score (nSPS) is 16.8. The maximum Gasteiger partial charge on any atom is 0.165 e. The second-order valence-electron chi connectivity index (χ2n) is 6.27. The quantitative estimate of drug-likeness (QED) is 0.829. The first-order chi connectivity index (χ1) is 11.7. The molecule has 2 aromatic carbocycles. The molecule has 1 N–H and O–H groups in total. The first kappa shape index (κ1) is 16.7. The zero-order valence-electron chi connectivity index (χ0n) is 13.8. The van der Waals surface area contributed by atoms with Crippen molar-refractivity contribution < 1.29 is 9.90 Å². The zero-order chi connectivity index (χ0) is 16.8. The van der Waals surface area contributed by atoms with Crippen LogP contribution in [0.5, 0.6) is 0 Å².